The summed E-state index contributed by atoms with van der Waals surface area (Å²) >= 11 is 3.72. The minimum absolute atomic E-state index is 0.0471. The Morgan fingerprint density at radius 3 is 2.73 bits per heavy atom. The van der Waals surface area contributed by atoms with E-state index in [4.69, 9.17) is 0 Å². The molecule has 6 heteroatoms. The van der Waals surface area contributed by atoms with Gasteiger partial charge in [0.25, 0.3) is 0 Å². The quantitative estimate of drug-likeness (QED) is 0.759. The lowest BCUT2D eigenvalue weighted by Gasteiger charge is -2.21. The molecule has 0 aromatic heterocycles. The topological polar surface area (TPSA) is 66.4 Å². The van der Waals surface area contributed by atoms with E-state index in [1.807, 2.05) is 66.0 Å². The maximum absolute atomic E-state index is 12.2. The van der Waals surface area contributed by atoms with Crippen LogP contribution in [0.3, 0.4) is 0 Å². The molecule has 0 bridgehead atoms. The van der Waals surface area contributed by atoms with E-state index >= 15 is 0 Å². The van der Waals surface area contributed by atoms with Gasteiger partial charge in [0.15, 0.2) is 0 Å². The Morgan fingerprint density at radius 2 is 1.96 bits per heavy atom. The molecule has 1 saturated heterocycles. The van der Waals surface area contributed by atoms with Gasteiger partial charge < -0.3 is 10.4 Å². The fourth-order valence-electron chi connectivity index (χ4n) is 3.15. The smallest absolute Gasteiger partial charge is 0.308 e. The van der Waals surface area contributed by atoms with Gasteiger partial charge >= 0.3 is 5.97 Å². The highest BCUT2D eigenvalue weighted by Gasteiger charge is 2.22. The fourth-order valence-corrected chi connectivity index (χ4v) is 5.83. The number of thioether (sulfide) groups is 2. The normalized spacial score (nSPS) is 18.4. The summed E-state index contributed by atoms with van der Waals surface area (Å²) in [7, 11) is 0. The number of carbonyl (C=O) groups is 2. The molecular weight excluding hydrogens is 366 g/mol. The third kappa shape index (κ3) is 5.17. The molecule has 1 heterocycles. The summed E-state index contributed by atoms with van der Waals surface area (Å²) in [6.45, 7) is 0.169. The first-order valence-corrected chi connectivity index (χ1v) is 11.0. The number of fused-ring (bicyclic) bond motifs is 1. The van der Waals surface area contributed by atoms with Crippen molar-refractivity contribution < 1.29 is 14.7 Å². The zero-order chi connectivity index (χ0) is 18.4. The highest BCUT2D eigenvalue weighted by molar-refractivity contribution is 8.06. The Hall–Kier alpha value is -1.66. The van der Waals surface area contributed by atoms with Crippen LogP contribution in [0.4, 0.5) is 0 Å². The van der Waals surface area contributed by atoms with E-state index in [1.54, 1.807) is 0 Å². The largest absolute Gasteiger partial charge is 0.481 e. The van der Waals surface area contributed by atoms with Crippen molar-refractivity contribution in [2.45, 2.75) is 18.1 Å². The van der Waals surface area contributed by atoms with Crippen molar-refractivity contribution >= 4 is 46.2 Å². The molecule has 3 rings (SSSR count). The van der Waals surface area contributed by atoms with Crippen molar-refractivity contribution in [3.63, 3.8) is 0 Å². The second-order valence-corrected chi connectivity index (χ2v) is 9.01. The summed E-state index contributed by atoms with van der Waals surface area (Å²) in [4.78, 5) is 23.9. The van der Waals surface area contributed by atoms with Crippen LogP contribution in [0.5, 0.6) is 0 Å². The van der Waals surface area contributed by atoms with Crippen LogP contribution in [-0.2, 0) is 16.0 Å². The third-order valence-corrected chi connectivity index (χ3v) is 7.38. The van der Waals surface area contributed by atoms with Crippen LogP contribution < -0.4 is 5.32 Å². The van der Waals surface area contributed by atoms with Crippen molar-refractivity contribution in [1.82, 2.24) is 5.32 Å². The maximum Gasteiger partial charge on any atom is 0.308 e. The number of nitrogens with one attached hydrogen (secondary N) is 1. The van der Waals surface area contributed by atoms with E-state index in [9.17, 15) is 14.7 Å². The minimum atomic E-state index is -0.874. The van der Waals surface area contributed by atoms with Crippen LogP contribution >= 0.6 is 23.5 Å². The molecule has 2 atom stereocenters. The van der Waals surface area contributed by atoms with Crippen LogP contribution in [0.2, 0.25) is 0 Å². The Labute approximate surface area is 162 Å². The van der Waals surface area contributed by atoms with E-state index in [1.165, 1.54) is 0 Å². The second kappa shape index (κ2) is 9.33. The van der Waals surface area contributed by atoms with Gasteiger partial charge in [0.2, 0.25) is 5.91 Å². The van der Waals surface area contributed by atoms with Crippen LogP contribution in [0.1, 0.15) is 12.0 Å². The van der Waals surface area contributed by atoms with Crippen LogP contribution in [0, 0.1) is 5.92 Å². The highest BCUT2D eigenvalue weighted by Crippen LogP contribution is 2.26. The summed E-state index contributed by atoms with van der Waals surface area (Å²) in [5.74, 6) is 1.68. The molecule has 26 heavy (non-hydrogen) atoms. The minimum Gasteiger partial charge on any atom is -0.481 e. The van der Waals surface area contributed by atoms with Gasteiger partial charge in [-0.05, 0) is 22.8 Å². The standard InChI is InChI=1S/C20H23NO3S2/c22-19(11-17-13-25-8-9-26-17)21-12-16(20(23)24)10-15-6-3-5-14-4-1-2-7-18(14)15/h1-7,16-17H,8-13H2,(H,21,22)(H,23,24). The molecule has 2 aromatic rings. The Balaban J connectivity index is 1.60. The second-order valence-electron chi connectivity index (χ2n) is 6.45. The zero-order valence-corrected chi connectivity index (χ0v) is 16.2. The van der Waals surface area contributed by atoms with Crippen LogP contribution in [0.25, 0.3) is 10.8 Å². The Bertz CT molecular complexity index is 769. The summed E-state index contributed by atoms with van der Waals surface area (Å²) < 4.78 is 0. The van der Waals surface area contributed by atoms with Crippen LogP contribution in [-0.4, -0.2) is 46.0 Å². The number of carboxylic acid groups (broad SMARTS) is 1. The lowest BCUT2D eigenvalue weighted by molar-refractivity contribution is -0.141. The molecule has 4 nitrogen and oxygen atoms in total. The summed E-state index contributed by atoms with van der Waals surface area (Å²) in [6, 6.07) is 13.9. The molecule has 1 aliphatic rings. The number of hydrogen-bond acceptors (Lipinski definition) is 4. The molecule has 0 aliphatic carbocycles. The lowest BCUT2D eigenvalue weighted by atomic mass is 9.95. The number of carbonyl (C=O) groups excluding carboxylic acids is 1. The van der Waals surface area contributed by atoms with Crippen molar-refractivity contribution in [1.29, 1.82) is 0 Å². The molecule has 1 amide bonds. The highest BCUT2D eigenvalue weighted by atomic mass is 32.2. The van der Waals surface area contributed by atoms with E-state index in [-0.39, 0.29) is 12.5 Å². The number of rotatable bonds is 7. The molecule has 0 spiro atoms. The average Bonchev–Trinajstić information content (AvgIpc) is 2.65. The third-order valence-electron chi connectivity index (χ3n) is 4.54. The van der Waals surface area contributed by atoms with Crippen molar-refractivity contribution in [2.75, 3.05) is 23.8 Å². The lowest BCUT2D eigenvalue weighted by Crippen LogP contribution is -2.36. The van der Waals surface area contributed by atoms with Crippen molar-refractivity contribution in [3.8, 4) is 0 Å². The van der Waals surface area contributed by atoms with Gasteiger partial charge in [-0.25, -0.2) is 0 Å². The first-order chi connectivity index (χ1) is 12.6. The Kier molecular flexibility index (Phi) is 6.86. The average molecular weight is 390 g/mol. The number of benzene rings is 2. The van der Waals surface area contributed by atoms with Gasteiger partial charge in [0.1, 0.15) is 0 Å². The van der Waals surface area contributed by atoms with Gasteiger partial charge in [0.05, 0.1) is 5.92 Å². The summed E-state index contributed by atoms with van der Waals surface area (Å²) in [5.41, 5.74) is 1.00. The summed E-state index contributed by atoms with van der Waals surface area (Å²) in [5, 5.41) is 14.9. The van der Waals surface area contributed by atoms with Gasteiger partial charge in [-0.3, -0.25) is 9.59 Å². The molecular formula is C20H23NO3S2. The monoisotopic (exact) mass is 389 g/mol. The van der Waals surface area contributed by atoms with E-state index in [2.05, 4.69) is 5.32 Å². The Morgan fingerprint density at radius 1 is 1.15 bits per heavy atom. The first-order valence-electron chi connectivity index (χ1n) is 8.79. The van der Waals surface area contributed by atoms with Gasteiger partial charge in [0, 0.05) is 35.5 Å². The van der Waals surface area contributed by atoms with Gasteiger partial charge in [-0.1, -0.05) is 42.5 Å². The molecule has 0 saturated carbocycles. The first kappa shape index (κ1) is 19.1. The SMILES string of the molecule is O=C(CC1CSCCS1)NCC(Cc1cccc2ccccc12)C(=O)O. The van der Waals surface area contributed by atoms with Crippen molar-refractivity contribution in [2.24, 2.45) is 5.92 Å². The number of aliphatic carboxylic acids is 1. The predicted octanol–water partition coefficient (Wildman–Crippen LogP) is 3.44. The van der Waals surface area contributed by atoms with Gasteiger partial charge in [-0.15, -0.1) is 0 Å². The molecule has 2 unspecified atom stereocenters. The molecule has 1 aliphatic heterocycles. The maximum atomic E-state index is 12.2. The predicted molar refractivity (Wildman–Crippen MR) is 110 cm³/mol. The molecule has 2 aromatic carbocycles. The molecule has 2 N–H and O–H groups in total. The van der Waals surface area contributed by atoms with E-state index < -0.39 is 11.9 Å². The zero-order valence-electron chi connectivity index (χ0n) is 14.5. The molecule has 0 radical (unpaired) electrons. The number of carboxylic acids is 1. The van der Waals surface area contributed by atoms with Gasteiger partial charge in [-0.2, -0.15) is 23.5 Å². The van der Waals surface area contributed by atoms with Crippen LogP contribution in [0.15, 0.2) is 42.5 Å². The summed E-state index contributed by atoms with van der Waals surface area (Å²) in [6.07, 6.45) is 0.878. The fraction of sp³-hybridized carbons (Fsp3) is 0.400. The van der Waals surface area contributed by atoms with E-state index in [0.29, 0.717) is 18.1 Å². The number of amides is 1. The van der Waals surface area contributed by atoms with Crippen molar-refractivity contribution in [3.05, 3.63) is 48.0 Å². The molecule has 1 fully saturated rings. The van der Waals surface area contributed by atoms with E-state index in [0.717, 1.165) is 33.6 Å². The molecule has 138 valence electrons. The number of hydrogen-bond donors (Lipinski definition) is 2.